The molecule has 0 aromatic carbocycles. The SMILES string of the molecule is CC(C)N(CCNC(=O)[O-])C(C)C. The van der Waals surface area contributed by atoms with E-state index >= 15 is 0 Å². The van der Waals surface area contributed by atoms with Crippen molar-refractivity contribution in [1.29, 1.82) is 0 Å². The number of amides is 1. The van der Waals surface area contributed by atoms with Crippen molar-refractivity contribution >= 4 is 6.09 Å². The van der Waals surface area contributed by atoms with Crippen molar-refractivity contribution in [1.82, 2.24) is 10.2 Å². The summed E-state index contributed by atoms with van der Waals surface area (Å²) in [5.41, 5.74) is 0. The second-order valence-electron chi connectivity index (χ2n) is 3.64. The highest BCUT2D eigenvalue weighted by Crippen LogP contribution is 2.02. The molecule has 0 radical (unpaired) electrons. The molecule has 0 saturated carbocycles. The number of hydrogen-bond donors (Lipinski definition) is 1. The Kier molecular flexibility index (Phi) is 5.46. The van der Waals surface area contributed by atoms with Crippen LogP contribution in [0.25, 0.3) is 0 Å². The Bertz CT molecular complexity index is 150. The van der Waals surface area contributed by atoms with Gasteiger partial charge in [-0.3, -0.25) is 4.90 Å². The molecule has 1 N–H and O–H groups in total. The number of hydrogen-bond acceptors (Lipinski definition) is 3. The molecule has 0 aliphatic rings. The van der Waals surface area contributed by atoms with Gasteiger partial charge in [0, 0.05) is 25.2 Å². The molecule has 78 valence electrons. The minimum atomic E-state index is -1.20. The van der Waals surface area contributed by atoms with Gasteiger partial charge in [-0.15, -0.1) is 0 Å². The lowest BCUT2D eigenvalue weighted by Crippen LogP contribution is -2.45. The zero-order valence-corrected chi connectivity index (χ0v) is 8.83. The highest BCUT2D eigenvalue weighted by Gasteiger charge is 2.11. The predicted octanol–water partition coefficient (Wildman–Crippen LogP) is 0.0381. The van der Waals surface area contributed by atoms with Crippen molar-refractivity contribution in [2.24, 2.45) is 0 Å². The third kappa shape index (κ3) is 5.47. The van der Waals surface area contributed by atoms with E-state index in [0.717, 1.165) is 6.54 Å². The number of carbonyl (C=O) groups excluding carboxylic acids is 1. The average Bonchev–Trinajstić information content (AvgIpc) is 1.95. The van der Waals surface area contributed by atoms with Crippen LogP contribution in [-0.2, 0) is 0 Å². The van der Waals surface area contributed by atoms with Gasteiger partial charge in [-0.05, 0) is 27.7 Å². The highest BCUT2D eigenvalue weighted by atomic mass is 16.4. The quantitative estimate of drug-likeness (QED) is 0.661. The summed E-state index contributed by atoms with van der Waals surface area (Å²) in [6.07, 6.45) is -1.20. The fraction of sp³-hybridized carbons (Fsp3) is 0.889. The van der Waals surface area contributed by atoms with E-state index < -0.39 is 6.09 Å². The zero-order valence-electron chi connectivity index (χ0n) is 8.83. The first-order chi connectivity index (χ1) is 5.95. The number of carboxylic acid groups (broad SMARTS) is 1. The fourth-order valence-electron chi connectivity index (χ4n) is 1.40. The maximum atomic E-state index is 10.1. The maximum absolute atomic E-state index is 10.1. The highest BCUT2D eigenvalue weighted by molar-refractivity contribution is 5.61. The van der Waals surface area contributed by atoms with Gasteiger partial charge in [-0.1, -0.05) is 0 Å². The Morgan fingerprint density at radius 2 is 1.77 bits per heavy atom. The lowest BCUT2D eigenvalue weighted by molar-refractivity contribution is -0.250. The summed E-state index contributed by atoms with van der Waals surface area (Å²) in [4.78, 5) is 12.3. The Balaban J connectivity index is 3.77. The Labute approximate surface area is 79.9 Å². The summed E-state index contributed by atoms with van der Waals surface area (Å²) in [5.74, 6) is 0. The largest absolute Gasteiger partial charge is 0.530 e. The van der Waals surface area contributed by atoms with E-state index in [0.29, 0.717) is 18.6 Å². The molecule has 0 bridgehead atoms. The Morgan fingerprint density at radius 1 is 1.31 bits per heavy atom. The van der Waals surface area contributed by atoms with Crippen LogP contribution >= 0.6 is 0 Å². The van der Waals surface area contributed by atoms with Gasteiger partial charge in [-0.2, -0.15) is 0 Å². The van der Waals surface area contributed by atoms with Gasteiger partial charge in [-0.25, -0.2) is 0 Å². The molecule has 0 fully saturated rings. The summed E-state index contributed by atoms with van der Waals surface area (Å²) >= 11 is 0. The topological polar surface area (TPSA) is 55.4 Å². The molecule has 0 aromatic heterocycles. The average molecular weight is 187 g/mol. The molecular formula is C9H19N2O2-. The van der Waals surface area contributed by atoms with Crippen molar-refractivity contribution in [3.63, 3.8) is 0 Å². The second kappa shape index (κ2) is 5.80. The van der Waals surface area contributed by atoms with Gasteiger partial charge in [0.2, 0.25) is 0 Å². The molecule has 0 unspecified atom stereocenters. The Hall–Kier alpha value is -0.770. The normalized spacial score (nSPS) is 11.3. The van der Waals surface area contributed by atoms with Crippen molar-refractivity contribution in [3.8, 4) is 0 Å². The molecule has 0 heterocycles. The zero-order chi connectivity index (χ0) is 10.4. The van der Waals surface area contributed by atoms with E-state index in [-0.39, 0.29) is 0 Å². The van der Waals surface area contributed by atoms with E-state index in [1.54, 1.807) is 0 Å². The van der Waals surface area contributed by atoms with Crippen LogP contribution in [-0.4, -0.2) is 36.2 Å². The van der Waals surface area contributed by atoms with Crippen LogP contribution in [0.5, 0.6) is 0 Å². The fourth-order valence-corrected chi connectivity index (χ4v) is 1.40. The molecule has 0 rings (SSSR count). The van der Waals surface area contributed by atoms with E-state index in [9.17, 15) is 9.90 Å². The van der Waals surface area contributed by atoms with Crippen LogP contribution in [0.1, 0.15) is 27.7 Å². The van der Waals surface area contributed by atoms with Crippen LogP contribution in [0.2, 0.25) is 0 Å². The number of carbonyl (C=O) groups is 1. The Morgan fingerprint density at radius 3 is 2.08 bits per heavy atom. The standard InChI is InChI=1S/C9H20N2O2/c1-7(2)11(8(3)4)6-5-10-9(12)13/h7-8,10H,5-6H2,1-4H3,(H,12,13)/p-1. The van der Waals surface area contributed by atoms with Gasteiger partial charge < -0.3 is 15.2 Å². The summed E-state index contributed by atoms with van der Waals surface area (Å²) in [6.45, 7) is 9.54. The molecular weight excluding hydrogens is 168 g/mol. The van der Waals surface area contributed by atoms with Gasteiger partial charge in [0.15, 0.2) is 0 Å². The van der Waals surface area contributed by atoms with Crippen molar-refractivity contribution in [2.75, 3.05) is 13.1 Å². The number of nitrogens with zero attached hydrogens (tertiary/aromatic N) is 1. The van der Waals surface area contributed by atoms with Crippen LogP contribution in [0.3, 0.4) is 0 Å². The lowest BCUT2D eigenvalue weighted by atomic mass is 10.2. The smallest absolute Gasteiger partial charge is 0.134 e. The van der Waals surface area contributed by atoms with Gasteiger partial charge in [0.05, 0.1) is 0 Å². The van der Waals surface area contributed by atoms with Crippen LogP contribution in [0.4, 0.5) is 4.79 Å². The molecule has 0 atom stereocenters. The molecule has 13 heavy (non-hydrogen) atoms. The van der Waals surface area contributed by atoms with Crippen LogP contribution in [0, 0.1) is 0 Å². The minimum absolute atomic E-state index is 0.429. The third-order valence-corrected chi connectivity index (χ3v) is 1.97. The van der Waals surface area contributed by atoms with Crippen molar-refractivity contribution in [2.45, 2.75) is 39.8 Å². The number of rotatable bonds is 5. The summed E-state index contributed by atoms with van der Waals surface area (Å²) in [6, 6.07) is 0.868. The van der Waals surface area contributed by atoms with Crippen LogP contribution in [0.15, 0.2) is 0 Å². The van der Waals surface area contributed by atoms with E-state index in [1.807, 2.05) is 0 Å². The first kappa shape index (κ1) is 12.2. The van der Waals surface area contributed by atoms with Crippen LogP contribution < -0.4 is 10.4 Å². The molecule has 0 aromatic rings. The summed E-state index contributed by atoms with van der Waals surface area (Å²) in [5, 5.41) is 12.3. The van der Waals surface area contributed by atoms with Gasteiger partial charge in [0.25, 0.3) is 0 Å². The maximum Gasteiger partial charge on any atom is 0.134 e. The molecule has 0 aliphatic carbocycles. The minimum Gasteiger partial charge on any atom is -0.530 e. The van der Waals surface area contributed by atoms with E-state index in [4.69, 9.17) is 0 Å². The molecule has 0 spiro atoms. The number of nitrogens with one attached hydrogen (secondary N) is 1. The molecule has 4 nitrogen and oxygen atoms in total. The first-order valence-corrected chi connectivity index (χ1v) is 4.65. The van der Waals surface area contributed by atoms with Crippen molar-refractivity contribution in [3.05, 3.63) is 0 Å². The molecule has 0 aliphatic heterocycles. The monoisotopic (exact) mass is 187 g/mol. The van der Waals surface area contributed by atoms with Crippen molar-refractivity contribution < 1.29 is 9.90 Å². The second-order valence-corrected chi connectivity index (χ2v) is 3.64. The molecule has 1 amide bonds. The molecule has 0 saturated heterocycles. The predicted molar refractivity (Wildman–Crippen MR) is 50.4 cm³/mol. The van der Waals surface area contributed by atoms with Gasteiger partial charge in [0.1, 0.15) is 6.09 Å². The third-order valence-electron chi connectivity index (χ3n) is 1.97. The lowest BCUT2D eigenvalue weighted by Gasteiger charge is -2.30. The molecule has 4 heteroatoms. The first-order valence-electron chi connectivity index (χ1n) is 4.65. The van der Waals surface area contributed by atoms with Gasteiger partial charge >= 0.3 is 0 Å². The summed E-state index contributed by atoms with van der Waals surface area (Å²) in [7, 11) is 0. The summed E-state index contributed by atoms with van der Waals surface area (Å²) < 4.78 is 0. The van der Waals surface area contributed by atoms with E-state index in [2.05, 4.69) is 37.9 Å². The van der Waals surface area contributed by atoms with E-state index in [1.165, 1.54) is 0 Å².